The van der Waals surface area contributed by atoms with E-state index in [0.29, 0.717) is 12.8 Å². The Labute approximate surface area is 126 Å². The van der Waals surface area contributed by atoms with Crippen LogP contribution in [0, 0.1) is 0 Å². The van der Waals surface area contributed by atoms with E-state index in [2.05, 4.69) is 5.32 Å². The smallest absolute Gasteiger partial charge is 0.250 e. The molecule has 114 valence electrons. The van der Waals surface area contributed by atoms with Crippen LogP contribution in [0.15, 0.2) is 30.3 Å². The van der Waals surface area contributed by atoms with Crippen LogP contribution < -0.4 is 5.32 Å². The summed E-state index contributed by atoms with van der Waals surface area (Å²) in [4.78, 5) is 27.5. The predicted molar refractivity (Wildman–Crippen MR) is 82.6 cm³/mol. The topological polar surface area (TPSA) is 49.4 Å². The first kappa shape index (κ1) is 15.5. The van der Waals surface area contributed by atoms with Gasteiger partial charge < -0.3 is 10.2 Å². The number of carbonyl (C=O) groups is 2. The number of carbonyl (C=O) groups excluding carboxylic acids is 2. The minimum Gasteiger partial charge on any atom is -0.338 e. The molecule has 1 atom stereocenters. The fraction of sp³-hybridized carbons (Fsp3) is 0.529. The van der Waals surface area contributed by atoms with Gasteiger partial charge in [0.25, 0.3) is 5.91 Å². The van der Waals surface area contributed by atoms with Crippen LogP contribution in [0.1, 0.15) is 52.1 Å². The molecular weight excluding hydrogens is 264 g/mol. The third kappa shape index (κ3) is 2.43. The van der Waals surface area contributed by atoms with Gasteiger partial charge in [0.2, 0.25) is 5.91 Å². The fourth-order valence-electron chi connectivity index (χ4n) is 3.32. The van der Waals surface area contributed by atoms with Crippen molar-refractivity contribution in [1.29, 1.82) is 0 Å². The zero-order chi connectivity index (χ0) is 15.6. The average Bonchev–Trinajstić information content (AvgIpc) is 2.49. The third-order valence-corrected chi connectivity index (χ3v) is 4.46. The van der Waals surface area contributed by atoms with E-state index in [4.69, 9.17) is 0 Å². The normalized spacial score (nSPS) is 21.6. The fourth-order valence-corrected chi connectivity index (χ4v) is 3.32. The summed E-state index contributed by atoms with van der Waals surface area (Å²) >= 11 is 0. The highest BCUT2D eigenvalue weighted by atomic mass is 16.2. The minimum atomic E-state index is -0.726. The van der Waals surface area contributed by atoms with Crippen molar-refractivity contribution in [3.05, 3.63) is 35.9 Å². The van der Waals surface area contributed by atoms with Crippen LogP contribution in [-0.2, 0) is 9.59 Å². The van der Waals surface area contributed by atoms with E-state index in [0.717, 1.165) is 5.56 Å². The maximum absolute atomic E-state index is 13.0. The van der Waals surface area contributed by atoms with Gasteiger partial charge in [-0.3, -0.25) is 9.59 Å². The van der Waals surface area contributed by atoms with E-state index in [1.807, 2.05) is 58.0 Å². The first-order valence-electron chi connectivity index (χ1n) is 7.67. The van der Waals surface area contributed by atoms with Crippen molar-refractivity contribution in [3.63, 3.8) is 0 Å². The number of benzene rings is 1. The molecule has 2 rings (SSSR count). The summed E-state index contributed by atoms with van der Waals surface area (Å²) in [6, 6.07) is 8.85. The number of amides is 2. The standard InChI is InChI=1S/C17H24N2O2/c1-5-17(6-2)16(21)18-14(13-10-8-7-9-11-13)15(20)19(17)12(3)4/h7-12,14H,5-6H2,1-4H3,(H,18,21). The van der Waals surface area contributed by atoms with E-state index < -0.39 is 11.6 Å². The molecule has 1 aromatic rings. The Hall–Kier alpha value is -1.84. The van der Waals surface area contributed by atoms with Crippen molar-refractivity contribution in [1.82, 2.24) is 10.2 Å². The van der Waals surface area contributed by atoms with Gasteiger partial charge in [-0.2, -0.15) is 0 Å². The Morgan fingerprint density at radius 2 is 1.71 bits per heavy atom. The number of rotatable bonds is 4. The van der Waals surface area contributed by atoms with Gasteiger partial charge in [-0.1, -0.05) is 44.2 Å². The lowest BCUT2D eigenvalue weighted by atomic mass is 9.83. The summed E-state index contributed by atoms with van der Waals surface area (Å²) < 4.78 is 0. The zero-order valence-corrected chi connectivity index (χ0v) is 13.2. The van der Waals surface area contributed by atoms with E-state index in [1.54, 1.807) is 4.90 Å². The molecule has 1 N–H and O–H groups in total. The summed E-state index contributed by atoms with van der Waals surface area (Å²) in [5.74, 6) is -0.0610. The van der Waals surface area contributed by atoms with Crippen LogP contribution in [0.25, 0.3) is 0 Å². The molecule has 0 aromatic heterocycles. The van der Waals surface area contributed by atoms with Crippen molar-refractivity contribution < 1.29 is 9.59 Å². The highest BCUT2D eigenvalue weighted by molar-refractivity contribution is 6.00. The highest BCUT2D eigenvalue weighted by Crippen LogP contribution is 2.34. The SMILES string of the molecule is CCC1(CC)C(=O)NC(c2ccccc2)C(=O)N1C(C)C. The maximum atomic E-state index is 13.0. The second kappa shape index (κ2) is 5.88. The van der Waals surface area contributed by atoms with Crippen LogP contribution in [0.5, 0.6) is 0 Å². The molecule has 0 saturated carbocycles. The van der Waals surface area contributed by atoms with Gasteiger partial charge in [-0.05, 0) is 32.3 Å². The molecule has 1 heterocycles. The van der Waals surface area contributed by atoms with E-state index in [-0.39, 0.29) is 17.9 Å². The molecule has 1 aromatic carbocycles. The Bertz CT molecular complexity index is 521. The Balaban J connectivity index is 2.46. The first-order chi connectivity index (χ1) is 9.97. The minimum absolute atomic E-state index is 0.00494. The maximum Gasteiger partial charge on any atom is 0.250 e. The Morgan fingerprint density at radius 3 is 2.19 bits per heavy atom. The molecule has 1 saturated heterocycles. The van der Waals surface area contributed by atoms with Crippen molar-refractivity contribution in [2.45, 2.75) is 58.2 Å². The summed E-state index contributed by atoms with van der Waals surface area (Å²) in [7, 11) is 0. The molecule has 4 nitrogen and oxygen atoms in total. The second-order valence-electron chi connectivity index (χ2n) is 5.86. The van der Waals surface area contributed by atoms with Crippen LogP contribution in [0.4, 0.5) is 0 Å². The number of nitrogens with one attached hydrogen (secondary N) is 1. The van der Waals surface area contributed by atoms with Gasteiger partial charge >= 0.3 is 0 Å². The van der Waals surface area contributed by atoms with Crippen LogP contribution >= 0.6 is 0 Å². The Morgan fingerprint density at radius 1 is 1.14 bits per heavy atom. The van der Waals surface area contributed by atoms with Gasteiger partial charge in [0.05, 0.1) is 0 Å². The van der Waals surface area contributed by atoms with Crippen molar-refractivity contribution >= 4 is 11.8 Å². The predicted octanol–water partition coefficient (Wildman–Crippen LogP) is 2.65. The number of piperazine rings is 1. The van der Waals surface area contributed by atoms with Gasteiger partial charge in [-0.15, -0.1) is 0 Å². The van der Waals surface area contributed by atoms with Gasteiger partial charge in [0.1, 0.15) is 11.6 Å². The van der Waals surface area contributed by atoms with Crippen molar-refractivity contribution in [2.24, 2.45) is 0 Å². The lowest BCUT2D eigenvalue weighted by Gasteiger charge is -2.49. The van der Waals surface area contributed by atoms with Crippen LogP contribution in [0.2, 0.25) is 0 Å². The van der Waals surface area contributed by atoms with Gasteiger partial charge in [0, 0.05) is 6.04 Å². The molecule has 1 fully saturated rings. The van der Waals surface area contributed by atoms with Crippen LogP contribution in [-0.4, -0.2) is 28.3 Å². The van der Waals surface area contributed by atoms with E-state index in [1.165, 1.54) is 0 Å². The number of nitrogens with zero attached hydrogens (tertiary/aromatic N) is 1. The molecule has 1 unspecified atom stereocenters. The van der Waals surface area contributed by atoms with Crippen molar-refractivity contribution in [2.75, 3.05) is 0 Å². The number of hydrogen-bond acceptors (Lipinski definition) is 2. The summed E-state index contributed by atoms with van der Waals surface area (Å²) in [6.07, 6.45) is 1.25. The van der Waals surface area contributed by atoms with E-state index in [9.17, 15) is 9.59 Å². The molecule has 2 amide bonds. The molecule has 1 aliphatic heterocycles. The third-order valence-electron chi connectivity index (χ3n) is 4.46. The zero-order valence-electron chi connectivity index (χ0n) is 13.2. The summed E-state index contributed by atoms with van der Waals surface area (Å²) in [6.45, 7) is 7.88. The molecule has 0 radical (unpaired) electrons. The monoisotopic (exact) mass is 288 g/mol. The molecular formula is C17H24N2O2. The molecule has 4 heteroatoms. The summed E-state index contributed by atoms with van der Waals surface area (Å²) in [5, 5.41) is 2.93. The molecule has 0 aliphatic carbocycles. The average molecular weight is 288 g/mol. The second-order valence-corrected chi connectivity index (χ2v) is 5.86. The first-order valence-corrected chi connectivity index (χ1v) is 7.67. The Kier molecular flexibility index (Phi) is 4.35. The lowest BCUT2D eigenvalue weighted by molar-refractivity contribution is -0.161. The van der Waals surface area contributed by atoms with Gasteiger partial charge in [-0.25, -0.2) is 0 Å². The lowest BCUT2D eigenvalue weighted by Crippen LogP contribution is -2.69. The van der Waals surface area contributed by atoms with Gasteiger partial charge in [0.15, 0.2) is 0 Å². The highest BCUT2D eigenvalue weighted by Gasteiger charge is 2.51. The summed E-state index contributed by atoms with van der Waals surface area (Å²) in [5.41, 5.74) is 0.110. The largest absolute Gasteiger partial charge is 0.338 e. The molecule has 21 heavy (non-hydrogen) atoms. The molecule has 1 aliphatic rings. The molecule has 0 spiro atoms. The van der Waals surface area contributed by atoms with Crippen molar-refractivity contribution in [3.8, 4) is 0 Å². The van der Waals surface area contributed by atoms with E-state index >= 15 is 0 Å². The number of hydrogen-bond donors (Lipinski definition) is 1. The quantitative estimate of drug-likeness (QED) is 0.926. The van der Waals surface area contributed by atoms with Crippen LogP contribution in [0.3, 0.4) is 0 Å². The molecule has 0 bridgehead atoms.